The van der Waals surface area contributed by atoms with E-state index < -0.39 is 0 Å². The van der Waals surface area contributed by atoms with E-state index in [0.717, 1.165) is 82.5 Å². The van der Waals surface area contributed by atoms with Gasteiger partial charge < -0.3 is 13.3 Å². The SMILES string of the molecule is c1cc(-c2cccc3ccccc23)cc(-c2c3ccccc3c(-c3cccc4c3oc3ccccc34)c3ccccc23)c1.c1ccc(-c2c3ccccc3c(-c3cccc4c3oc3ccccc34)c3ccccc23)c(-c2ccc3ccccc3c2)c1.c1ccc(-c2c3ccccc3c(-c3cccc4c3oc3ccccc34)c3ccccc23)c(-c2cccc3ccccc23)c1. The Kier molecular flexibility index (Phi) is 18.0. The van der Waals surface area contributed by atoms with Crippen molar-refractivity contribution >= 4 is 163 Å². The maximum Gasteiger partial charge on any atom is 0.143 e. The smallest absolute Gasteiger partial charge is 0.143 e. The Morgan fingerprint density at radius 1 is 0.109 bits per heavy atom. The van der Waals surface area contributed by atoms with Gasteiger partial charge in [-0.2, -0.15) is 0 Å². The van der Waals surface area contributed by atoms with Gasteiger partial charge in [0.15, 0.2) is 0 Å². The molecule has 0 saturated heterocycles. The molecule has 0 fully saturated rings. The fourth-order valence-corrected chi connectivity index (χ4v) is 21.0. The third kappa shape index (κ3) is 12.4. The normalized spacial score (nSPS) is 11.7. The first kappa shape index (κ1) is 74.6. The van der Waals surface area contributed by atoms with E-state index in [4.69, 9.17) is 13.3 Å². The lowest BCUT2D eigenvalue weighted by molar-refractivity contribution is 0.669. The molecule has 0 spiro atoms. The van der Waals surface area contributed by atoms with Crippen molar-refractivity contribution in [3.63, 3.8) is 0 Å². The summed E-state index contributed by atoms with van der Waals surface area (Å²) in [6.45, 7) is 0. The number of para-hydroxylation sites is 6. The van der Waals surface area contributed by atoms with Crippen LogP contribution in [-0.2, 0) is 0 Å². The fraction of sp³-hybridized carbons (Fsp3) is 0. The first-order valence-corrected chi connectivity index (χ1v) is 44.3. The highest BCUT2D eigenvalue weighted by molar-refractivity contribution is 6.29. The lowest BCUT2D eigenvalue weighted by Crippen LogP contribution is -1.93. The summed E-state index contributed by atoms with van der Waals surface area (Å²) in [6, 6.07) is 170. The van der Waals surface area contributed by atoms with E-state index in [2.05, 4.69) is 455 Å². The highest BCUT2D eigenvalue weighted by Crippen LogP contribution is 2.53. The van der Waals surface area contributed by atoms with Gasteiger partial charge in [-0.05, 0) is 194 Å². The number of furan rings is 3. The van der Waals surface area contributed by atoms with Gasteiger partial charge >= 0.3 is 0 Å². The van der Waals surface area contributed by atoms with E-state index in [1.807, 2.05) is 18.2 Å². The van der Waals surface area contributed by atoms with Crippen LogP contribution in [0.25, 0.3) is 263 Å². The Morgan fingerprint density at radius 3 is 0.760 bits per heavy atom. The minimum absolute atomic E-state index is 0.916. The lowest BCUT2D eigenvalue weighted by Gasteiger charge is -2.20. The summed E-state index contributed by atoms with van der Waals surface area (Å²) in [5.74, 6) is 0. The van der Waals surface area contributed by atoms with Crippen LogP contribution in [0.3, 0.4) is 0 Å². The Balaban J connectivity index is 0.000000105. The van der Waals surface area contributed by atoms with Crippen LogP contribution < -0.4 is 0 Å². The first-order valence-electron chi connectivity index (χ1n) is 44.3. The van der Waals surface area contributed by atoms with Gasteiger partial charge in [-0.25, -0.2) is 0 Å². The van der Waals surface area contributed by atoms with Crippen LogP contribution in [0.5, 0.6) is 0 Å². The highest BCUT2D eigenvalue weighted by atomic mass is 16.3. The van der Waals surface area contributed by atoms with E-state index in [9.17, 15) is 0 Å². The van der Waals surface area contributed by atoms with Crippen molar-refractivity contribution in [2.75, 3.05) is 0 Å². The van der Waals surface area contributed by atoms with Gasteiger partial charge in [-0.3, -0.25) is 0 Å². The van der Waals surface area contributed by atoms with Crippen molar-refractivity contribution in [1.29, 1.82) is 0 Å². The van der Waals surface area contributed by atoms with Crippen LogP contribution in [0.2, 0.25) is 0 Å². The molecule has 24 aromatic carbocycles. The van der Waals surface area contributed by atoms with Gasteiger partial charge in [-0.1, -0.05) is 443 Å². The van der Waals surface area contributed by atoms with Crippen LogP contribution in [0.1, 0.15) is 0 Å². The minimum atomic E-state index is 0.916. The topological polar surface area (TPSA) is 39.4 Å². The van der Waals surface area contributed by atoms with Crippen LogP contribution >= 0.6 is 0 Å². The van der Waals surface area contributed by atoms with Crippen LogP contribution in [0.4, 0.5) is 0 Å². The molecule has 3 heterocycles. The Morgan fingerprint density at radius 2 is 0.349 bits per heavy atom. The molecule has 3 heteroatoms. The molecule has 0 unspecified atom stereocenters. The highest BCUT2D eigenvalue weighted by Gasteiger charge is 2.27. The first-order chi connectivity index (χ1) is 64.1. The largest absolute Gasteiger partial charge is 0.455 e. The second-order valence-electron chi connectivity index (χ2n) is 33.7. The molecule has 0 aliphatic heterocycles. The van der Waals surface area contributed by atoms with Crippen molar-refractivity contribution in [1.82, 2.24) is 0 Å². The summed E-state index contributed by atoms with van der Waals surface area (Å²) in [4.78, 5) is 0. The van der Waals surface area contributed by atoms with Crippen molar-refractivity contribution in [2.24, 2.45) is 0 Å². The van der Waals surface area contributed by atoms with Gasteiger partial charge in [0, 0.05) is 65.7 Å². The predicted molar refractivity (Wildman–Crippen MR) is 548 cm³/mol. The van der Waals surface area contributed by atoms with Gasteiger partial charge in [0.2, 0.25) is 0 Å². The molecule has 0 saturated carbocycles. The molecule has 0 bridgehead atoms. The third-order valence-electron chi connectivity index (χ3n) is 26.6. The molecular weight excluding hydrogens is 1560 g/mol. The van der Waals surface area contributed by atoms with E-state index in [1.54, 1.807) is 0 Å². The molecule has 3 aromatic heterocycles. The summed E-state index contributed by atoms with van der Waals surface area (Å²) in [7, 11) is 0. The zero-order chi connectivity index (χ0) is 85.0. The minimum Gasteiger partial charge on any atom is -0.455 e. The summed E-state index contributed by atoms with van der Waals surface area (Å²) < 4.78 is 19.7. The van der Waals surface area contributed by atoms with Crippen LogP contribution in [0, 0.1) is 0 Å². The molecule has 27 aromatic rings. The van der Waals surface area contributed by atoms with E-state index in [-0.39, 0.29) is 0 Å². The molecule has 3 nitrogen and oxygen atoms in total. The molecule has 0 radical (unpaired) electrons. The molecule has 0 aliphatic rings. The zero-order valence-corrected chi connectivity index (χ0v) is 70.3. The quantitative estimate of drug-likeness (QED) is 0.135. The molecule has 600 valence electrons. The molecule has 0 aliphatic carbocycles. The van der Waals surface area contributed by atoms with E-state index >= 15 is 0 Å². The van der Waals surface area contributed by atoms with Crippen LogP contribution in [0.15, 0.2) is 486 Å². The monoisotopic (exact) mass is 1640 g/mol. The van der Waals surface area contributed by atoms with Crippen LogP contribution in [-0.4, -0.2) is 0 Å². The van der Waals surface area contributed by atoms with Crippen molar-refractivity contribution in [3.05, 3.63) is 473 Å². The van der Waals surface area contributed by atoms with E-state index in [1.165, 1.54) is 180 Å². The fourth-order valence-electron chi connectivity index (χ4n) is 21.0. The lowest BCUT2D eigenvalue weighted by atomic mass is 9.83. The number of rotatable bonds is 9. The molecule has 0 amide bonds. The maximum absolute atomic E-state index is 6.57. The molecular formula is C126H78O3. The summed E-state index contributed by atoms with van der Waals surface area (Å²) >= 11 is 0. The molecule has 0 N–H and O–H groups in total. The summed E-state index contributed by atoms with van der Waals surface area (Å²) in [6.07, 6.45) is 0. The molecule has 27 rings (SSSR count). The van der Waals surface area contributed by atoms with Crippen molar-refractivity contribution in [3.8, 4) is 100 Å². The average molecular weight is 1640 g/mol. The number of hydrogen-bond donors (Lipinski definition) is 0. The zero-order valence-electron chi connectivity index (χ0n) is 70.3. The number of hydrogen-bond acceptors (Lipinski definition) is 3. The van der Waals surface area contributed by atoms with Gasteiger partial charge in [-0.15, -0.1) is 0 Å². The van der Waals surface area contributed by atoms with Crippen molar-refractivity contribution < 1.29 is 13.3 Å². The van der Waals surface area contributed by atoms with Gasteiger partial charge in [0.05, 0.1) is 0 Å². The summed E-state index contributed by atoms with van der Waals surface area (Å²) in [5.41, 5.74) is 27.4. The second-order valence-corrected chi connectivity index (χ2v) is 33.7. The van der Waals surface area contributed by atoms with Gasteiger partial charge in [0.1, 0.15) is 33.5 Å². The number of fused-ring (bicyclic) bond motifs is 18. The average Bonchev–Trinajstić information content (AvgIpc) is 1.72. The molecule has 0 atom stereocenters. The summed E-state index contributed by atoms with van der Waals surface area (Å²) in [5, 5.41) is 29.1. The third-order valence-corrected chi connectivity index (χ3v) is 26.6. The second kappa shape index (κ2) is 31.1. The standard InChI is InChI=1S/3C42H26O/c1-2-16-30-27(12-1)13-10-22-31(30)28-14-9-15-29(26-28)40-33-18-3-5-20-35(33)41(36-21-6-4-19-34(36)40)38-24-11-23-37-32-17-7-8-25-39(32)43-42(37)38;1-2-15-28-27(13-1)14-11-23-29(28)30-16-3-4-18-32(30)40-33-19-5-7-21-35(33)41(36-22-8-6-20-34(36)40)38-25-12-24-37-31-17-9-10-26-39(31)43-42(37)38;1-2-13-28-26-29(25-24-27(28)12-1)30-14-3-4-16-32(30)40-33-17-5-7-19-35(33)41(36-20-8-6-18-34(36)40)38-22-11-21-37-31-15-9-10-23-39(31)43-42(37)38/h3*1-26H. The van der Waals surface area contributed by atoms with Gasteiger partial charge in [0.25, 0.3) is 0 Å². The maximum atomic E-state index is 6.57. The molecule has 129 heavy (non-hydrogen) atoms. The Bertz CT molecular complexity index is 9040. The predicted octanol–water partition coefficient (Wildman–Crippen LogP) is 36.1. The van der Waals surface area contributed by atoms with Crippen molar-refractivity contribution in [2.45, 2.75) is 0 Å². The number of benzene rings is 24. The Hall–Kier alpha value is -17.0. The Labute approximate surface area is 744 Å². The van der Waals surface area contributed by atoms with E-state index in [0.29, 0.717) is 0 Å².